The van der Waals surface area contributed by atoms with Crippen LogP contribution in [0.2, 0.25) is 10.0 Å². The number of anilines is 1. The molecule has 0 bridgehead atoms. The van der Waals surface area contributed by atoms with Gasteiger partial charge in [0, 0.05) is 11.1 Å². The van der Waals surface area contributed by atoms with Gasteiger partial charge in [-0.05, 0) is 31.5 Å². The molecule has 16 heavy (non-hydrogen) atoms. The summed E-state index contributed by atoms with van der Waals surface area (Å²) in [5.41, 5.74) is 5.96. The highest BCUT2D eigenvalue weighted by Gasteiger charge is 2.13. The number of rotatable bonds is 1. The number of halogens is 2. The quantitative estimate of drug-likeness (QED) is 0.607. The van der Waals surface area contributed by atoms with Crippen molar-refractivity contribution in [3.63, 3.8) is 0 Å². The molecule has 1 aromatic carbocycles. The third-order valence-corrected chi connectivity index (χ3v) is 3.29. The van der Waals surface area contributed by atoms with Gasteiger partial charge in [-0.15, -0.1) is 0 Å². The minimum absolute atomic E-state index is 0.569. The summed E-state index contributed by atoms with van der Waals surface area (Å²) in [5.74, 6) is 5.53. The molecule has 1 aromatic heterocycles. The first-order valence-electron chi connectivity index (χ1n) is 4.77. The largest absolute Gasteiger partial charge is 0.323 e. The van der Waals surface area contributed by atoms with E-state index in [1.807, 2.05) is 13.8 Å². The molecule has 2 aromatic rings. The fraction of sp³-hybridized carbons (Fsp3) is 0.182. The highest BCUT2D eigenvalue weighted by molar-refractivity contribution is 6.40. The number of hydrazine groups is 1. The van der Waals surface area contributed by atoms with Gasteiger partial charge in [-0.2, -0.15) is 0 Å². The molecule has 2 rings (SSSR count). The van der Waals surface area contributed by atoms with Crippen LogP contribution < -0.4 is 11.3 Å². The van der Waals surface area contributed by atoms with Crippen molar-refractivity contribution in [2.75, 3.05) is 5.43 Å². The maximum atomic E-state index is 6.14. The summed E-state index contributed by atoms with van der Waals surface area (Å²) in [4.78, 5) is 4.43. The SMILES string of the molecule is Cc1nc2c(Cl)ccc(Cl)c2c(NN)c1C. The van der Waals surface area contributed by atoms with Crippen LogP contribution in [0.15, 0.2) is 12.1 Å². The van der Waals surface area contributed by atoms with E-state index in [4.69, 9.17) is 29.0 Å². The molecule has 0 aliphatic carbocycles. The molecular weight excluding hydrogens is 245 g/mol. The lowest BCUT2D eigenvalue weighted by Gasteiger charge is -2.13. The van der Waals surface area contributed by atoms with Crippen molar-refractivity contribution in [1.29, 1.82) is 0 Å². The topological polar surface area (TPSA) is 50.9 Å². The zero-order valence-corrected chi connectivity index (χ0v) is 10.4. The number of aromatic nitrogens is 1. The van der Waals surface area contributed by atoms with E-state index in [-0.39, 0.29) is 0 Å². The Labute approximate surface area is 104 Å². The smallest absolute Gasteiger partial charge is 0.0927 e. The van der Waals surface area contributed by atoms with E-state index in [0.29, 0.717) is 15.6 Å². The maximum absolute atomic E-state index is 6.14. The van der Waals surface area contributed by atoms with Crippen molar-refractivity contribution in [2.45, 2.75) is 13.8 Å². The number of hydrogen-bond acceptors (Lipinski definition) is 3. The predicted molar refractivity (Wildman–Crippen MR) is 69.0 cm³/mol. The highest BCUT2D eigenvalue weighted by Crippen LogP contribution is 2.36. The lowest BCUT2D eigenvalue weighted by atomic mass is 10.1. The molecule has 5 heteroatoms. The normalized spacial score (nSPS) is 10.8. The van der Waals surface area contributed by atoms with Crippen LogP contribution in [0.4, 0.5) is 5.69 Å². The van der Waals surface area contributed by atoms with E-state index in [2.05, 4.69) is 10.4 Å². The number of nitrogens with zero attached hydrogens (tertiary/aromatic N) is 1. The van der Waals surface area contributed by atoms with Gasteiger partial charge >= 0.3 is 0 Å². The van der Waals surface area contributed by atoms with E-state index in [1.54, 1.807) is 12.1 Å². The number of nitrogens with one attached hydrogen (secondary N) is 1. The Morgan fingerprint density at radius 2 is 1.81 bits per heavy atom. The zero-order chi connectivity index (χ0) is 11.9. The van der Waals surface area contributed by atoms with Gasteiger partial charge in [0.1, 0.15) is 0 Å². The van der Waals surface area contributed by atoms with Crippen molar-refractivity contribution in [1.82, 2.24) is 4.98 Å². The van der Waals surface area contributed by atoms with Crippen molar-refractivity contribution in [2.24, 2.45) is 5.84 Å². The molecule has 0 saturated heterocycles. The third-order valence-electron chi connectivity index (χ3n) is 2.67. The van der Waals surface area contributed by atoms with Gasteiger partial charge in [0.15, 0.2) is 0 Å². The van der Waals surface area contributed by atoms with Gasteiger partial charge in [0.25, 0.3) is 0 Å². The van der Waals surface area contributed by atoms with Crippen LogP contribution in [-0.4, -0.2) is 4.98 Å². The van der Waals surface area contributed by atoms with Gasteiger partial charge in [-0.3, -0.25) is 10.8 Å². The summed E-state index contributed by atoms with van der Waals surface area (Å²) in [6.07, 6.45) is 0. The Morgan fingerprint density at radius 1 is 1.19 bits per heavy atom. The summed E-state index contributed by atoms with van der Waals surface area (Å²) in [5, 5.41) is 1.92. The second-order valence-corrected chi connectivity index (χ2v) is 4.41. The van der Waals surface area contributed by atoms with Crippen LogP contribution in [0.25, 0.3) is 10.9 Å². The lowest BCUT2D eigenvalue weighted by molar-refractivity contribution is 1.18. The molecule has 0 amide bonds. The third kappa shape index (κ3) is 1.61. The number of nitrogens with two attached hydrogens (primary N) is 1. The summed E-state index contributed by atoms with van der Waals surface area (Å²) < 4.78 is 0. The van der Waals surface area contributed by atoms with Gasteiger partial charge < -0.3 is 5.43 Å². The maximum Gasteiger partial charge on any atom is 0.0927 e. The fourth-order valence-corrected chi connectivity index (χ4v) is 2.14. The second-order valence-electron chi connectivity index (χ2n) is 3.59. The molecule has 0 spiro atoms. The molecule has 0 aliphatic heterocycles. The van der Waals surface area contributed by atoms with Gasteiger partial charge in [-0.25, -0.2) is 0 Å². The minimum atomic E-state index is 0.569. The van der Waals surface area contributed by atoms with Gasteiger partial charge in [-0.1, -0.05) is 23.2 Å². The molecule has 84 valence electrons. The summed E-state index contributed by atoms with van der Waals surface area (Å²) in [6.45, 7) is 3.85. The van der Waals surface area contributed by atoms with Crippen molar-refractivity contribution < 1.29 is 0 Å². The highest BCUT2D eigenvalue weighted by atomic mass is 35.5. The number of pyridine rings is 1. The minimum Gasteiger partial charge on any atom is -0.323 e. The molecule has 0 fully saturated rings. The first kappa shape index (κ1) is 11.5. The predicted octanol–water partition coefficient (Wildman–Crippen LogP) is 3.44. The van der Waals surface area contributed by atoms with Crippen LogP contribution in [0.1, 0.15) is 11.3 Å². The average molecular weight is 256 g/mol. The molecule has 0 radical (unpaired) electrons. The van der Waals surface area contributed by atoms with Gasteiger partial charge in [0.2, 0.25) is 0 Å². The Kier molecular flexibility index (Phi) is 2.93. The zero-order valence-electron chi connectivity index (χ0n) is 8.94. The second kappa shape index (κ2) is 4.09. The molecule has 0 unspecified atom stereocenters. The Morgan fingerprint density at radius 3 is 2.44 bits per heavy atom. The van der Waals surface area contributed by atoms with Crippen molar-refractivity contribution >= 4 is 39.8 Å². The van der Waals surface area contributed by atoms with E-state index in [0.717, 1.165) is 22.3 Å². The summed E-state index contributed by atoms with van der Waals surface area (Å²) >= 11 is 12.2. The number of fused-ring (bicyclic) bond motifs is 1. The Hall–Kier alpha value is -1.03. The Balaban J connectivity index is 3.02. The molecule has 0 saturated carbocycles. The van der Waals surface area contributed by atoms with E-state index >= 15 is 0 Å². The van der Waals surface area contributed by atoms with Crippen LogP contribution in [-0.2, 0) is 0 Å². The van der Waals surface area contributed by atoms with E-state index in [1.165, 1.54) is 0 Å². The molecule has 3 nitrogen and oxygen atoms in total. The van der Waals surface area contributed by atoms with Crippen LogP contribution in [0.5, 0.6) is 0 Å². The standard InChI is InChI=1S/C11H11Cl2N3/c1-5-6(2)15-11-8(13)4-3-7(12)9(11)10(5)16-14/h3-4H,14H2,1-2H3,(H,15,16). The Bertz CT molecular complexity index is 567. The number of nitrogen functional groups attached to an aromatic ring is 1. The molecular formula is C11H11Cl2N3. The molecule has 1 heterocycles. The van der Waals surface area contributed by atoms with Gasteiger partial charge in [0.05, 0.1) is 21.2 Å². The first-order chi connectivity index (χ1) is 7.56. The monoisotopic (exact) mass is 255 g/mol. The van der Waals surface area contributed by atoms with E-state index < -0.39 is 0 Å². The molecule has 0 aliphatic rings. The number of aryl methyl sites for hydroxylation is 1. The molecule has 0 atom stereocenters. The average Bonchev–Trinajstić information content (AvgIpc) is 2.26. The number of benzene rings is 1. The van der Waals surface area contributed by atoms with Crippen molar-refractivity contribution in [3.05, 3.63) is 33.4 Å². The summed E-state index contributed by atoms with van der Waals surface area (Å²) in [7, 11) is 0. The first-order valence-corrected chi connectivity index (χ1v) is 5.53. The van der Waals surface area contributed by atoms with E-state index in [9.17, 15) is 0 Å². The molecule has 3 N–H and O–H groups in total. The lowest BCUT2D eigenvalue weighted by Crippen LogP contribution is -2.10. The van der Waals surface area contributed by atoms with Crippen molar-refractivity contribution in [3.8, 4) is 0 Å². The van der Waals surface area contributed by atoms with Crippen LogP contribution in [0.3, 0.4) is 0 Å². The fourth-order valence-electron chi connectivity index (χ4n) is 1.69. The summed E-state index contributed by atoms with van der Waals surface area (Å²) in [6, 6.07) is 3.47. The van der Waals surface area contributed by atoms with Crippen LogP contribution >= 0.6 is 23.2 Å². The number of hydrogen-bond donors (Lipinski definition) is 2. The van der Waals surface area contributed by atoms with Crippen LogP contribution in [0, 0.1) is 13.8 Å².